The lowest BCUT2D eigenvalue weighted by Gasteiger charge is -2.13. The van der Waals surface area contributed by atoms with Gasteiger partial charge in [0, 0.05) is 13.0 Å². The predicted octanol–water partition coefficient (Wildman–Crippen LogP) is 3.32. The van der Waals surface area contributed by atoms with E-state index in [9.17, 15) is 9.59 Å². The van der Waals surface area contributed by atoms with E-state index in [0.717, 1.165) is 12.0 Å². The molecule has 4 nitrogen and oxygen atoms in total. The Morgan fingerprint density at radius 1 is 1.36 bits per heavy atom. The average molecular weight is 335 g/mol. The van der Waals surface area contributed by atoms with Crippen LogP contribution >= 0.6 is 24.0 Å². The number of hydrogen-bond donors (Lipinski definition) is 1. The van der Waals surface area contributed by atoms with Crippen LogP contribution in [0, 0.1) is 0 Å². The molecule has 1 aliphatic rings. The zero-order valence-electron chi connectivity index (χ0n) is 12.2. The zero-order chi connectivity index (χ0) is 16.1. The third-order valence-electron chi connectivity index (χ3n) is 3.33. The third kappa shape index (κ3) is 4.18. The van der Waals surface area contributed by atoms with Crippen molar-refractivity contribution >= 4 is 46.3 Å². The fourth-order valence-electron chi connectivity index (χ4n) is 2.08. The molecule has 2 rings (SSSR count). The van der Waals surface area contributed by atoms with Gasteiger partial charge in [-0.2, -0.15) is 0 Å². The number of rotatable bonds is 6. The molecule has 1 heterocycles. The summed E-state index contributed by atoms with van der Waals surface area (Å²) in [6.45, 7) is 2.44. The van der Waals surface area contributed by atoms with Gasteiger partial charge in [-0.3, -0.25) is 14.5 Å². The number of carboxylic acids is 1. The minimum absolute atomic E-state index is 0.0363. The summed E-state index contributed by atoms with van der Waals surface area (Å²) in [6, 6.07) is 8.05. The van der Waals surface area contributed by atoms with Crippen LogP contribution in [0.4, 0.5) is 0 Å². The van der Waals surface area contributed by atoms with E-state index in [-0.39, 0.29) is 12.3 Å². The van der Waals surface area contributed by atoms with Gasteiger partial charge in [-0.1, -0.05) is 55.2 Å². The van der Waals surface area contributed by atoms with Crippen molar-refractivity contribution in [2.75, 3.05) is 6.54 Å². The van der Waals surface area contributed by atoms with Crippen LogP contribution in [0.1, 0.15) is 30.9 Å². The number of carbonyl (C=O) groups is 2. The van der Waals surface area contributed by atoms with Crippen molar-refractivity contribution < 1.29 is 14.7 Å². The van der Waals surface area contributed by atoms with Crippen LogP contribution in [0.15, 0.2) is 29.2 Å². The van der Waals surface area contributed by atoms with Crippen molar-refractivity contribution in [1.29, 1.82) is 0 Å². The molecule has 0 radical (unpaired) electrons. The van der Waals surface area contributed by atoms with Crippen LogP contribution in [0.5, 0.6) is 0 Å². The van der Waals surface area contributed by atoms with Crippen molar-refractivity contribution in [3.63, 3.8) is 0 Å². The maximum absolute atomic E-state index is 12.3. The first-order valence-electron chi connectivity index (χ1n) is 7.07. The Kier molecular flexibility index (Phi) is 5.74. The Hall–Kier alpha value is -1.66. The van der Waals surface area contributed by atoms with Gasteiger partial charge in [-0.25, -0.2) is 0 Å². The van der Waals surface area contributed by atoms with Gasteiger partial charge in [-0.05, 0) is 30.0 Å². The first-order valence-corrected chi connectivity index (χ1v) is 8.30. The molecule has 1 N–H and O–H groups in total. The summed E-state index contributed by atoms with van der Waals surface area (Å²) < 4.78 is 0.492. The second-order valence-electron chi connectivity index (χ2n) is 4.93. The Balaban J connectivity index is 2.06. The summed E-state index contributed by atoms with van der Waals surface area (Å²) in [4.78, 5) is 24.9. The van der Waals surface area contributed by atoms with E-state index in [4.69, 9.17) is 17.3 Å². The molecule has 116 valence electrons. The van der Waals surface area contributed by atoms with Gasteiger partial charge in [0.25, 0.3) is 5.91 Å². The Morgan fingerprint density at radius 2 is 2.05 bits per heavy atom. The highest BCUT2D eigenvalue weighted by molar-refractivity contribution is 8.26. The lowest BCUT2D eigenvalue weighted by molar-refractivity contribution is -0.137. The average Bonchev–Trinajstić information content (AvgIpc) is 2.75. The number of thioether (sulfide) groups is 1. The summed E-state index contributed by atoms with van der Waals surface area (Å²) in [5.41, 5.74) is 2.21. The van der Waals surface area contributed by atoms with Gasteiger partial charge in [0.15, 0.2) is 0 Å². The van der Waals surface area contributed by atoms with Gasteiger partial charge >= 0.3 is 5.97 Å². The first kappa shape index (κ1) is 16.7. The number of nitrogens with zero attached hydrogens (tertiary/aromatic N) is 1. The van der Waals surface area contributed by atoms with Crippen molar-refractivity contribution in [3.05, 3.63) is 40.3 Å². The molecule has 0 saturated carbocycles. The Bertz CT molecular complexity index is 623. The number of benzene rings is 1. The highest BCUT2D eigenvalue weighted by Gasteiger charge is 2.31. The summed E-state index contributed by atoms with van der Waals surface area (Å²) in [5, 5.41) is 8.66. The fourth-order valence-corrected chi connectivity index (χ4v) is 3.39. The number of carboxylic acid groups (broad SMARTS) is 1. The van der Waals surface area contributed by atoms with E-state index in [0.29, 0.717) is 22.2 Å². The molecule has 1 amide bonds. The number of aryl methyl sites for hydroxylation is 1. The molecular weight excluding hydrogens is 318 g/mol. The molecule has 0 bridgehead atoms. The van der Waals surface area contributed by atoms with Crippen molar-refractivity contribution in [2.45, 2.75) is 26.2 Å². The number of hydrogen-bond acceptors (Lipinski definition) is 4. The fraction of sp³-hybridized carbons (Fsp3) is 0.312. The standard InChI is InChI=1S/C16H17NO3S2/c1-2-11-5-7-12(8-6-11)10-13-15(20)17(16(21)22-13)9-3-4-14(18)19/h5-8,10H,2-4,9H2,1H3,(H,18,19). The third-order valence-corrected chi connectivity index (χ3v) is 4.71. The van der Waals surface area contributed by atoms with Crippen LogP contribution in [0.25, 0.3) is 6.08 Å². The lowest BCUT2D eigenvalue weighted by Crippen LogP contribution is -2.29. The molecule has 0 spiro atoms. The molecule has 0 aliphatic carbocycles. The van der Waals surface area contributed by atoms with Crippen molar-refractivity contribution in [1.82, 2.24) is 4.90 Å². The van der Waals surface area contributed by atoms with Crippen LogP contribution < -0.4 is 0 Å². The maximum Gasteiger partial charge on any atom is 0.303 e. The number of amides is 1. The van der Waals surface area contributed by atoms with Crippen LogP contribution in [0.2, 0.25) is 0 Å². The zero-order valence-corrected chi connectivity index (χ0v) is 13.9. The van der Waals surface area contributed by atoms with Crippen molar-refractivity contribution in [3.8, 4) is 0 Å². The Labute approximate surface area is 139 Å². The summed E-state index contributed by atoms with van der Waals surface area (Å²) >= 11 is 6.48. The predicted molar refractivity (Wildman–Crippen MR) is 92.6 cm³/mol. The smallest absolute Gasteiger partial charge is 0.303 e. The highest BCUT2D eigenvalue weighted by atomic mass is 32.2. The molecule has 0 unspecified atom stereocenters. The molecule has 0 atom stereocenters. The number of carbonyl (C=O) groups excluding carboxylic acids is 1. The second kappa shape index (κ2) is 7.56. The molecule has 1 saturated heterocycles. The quantitative estimate of drug-likeness (QED) is 0.638. The maximum atomic E-state index is 12.3. The van der Waals surface area contributed by atoms with Crippen molar-refractivity contribution in [2.24, 2.45) is 0 Å². The van der Waals surface area contributed by atoms with Gasteiger partial charge in [0.1, 0.15) is 4.32 Å². The van der Waals surface area contributed by atoms with Gasteiger partial charge < -0.3 is 5.11 Å². The van der Waals surface area contributed by atoms with E-state index in [1.807, 2.05) is 30.3 Å². The normalized spacial score (nSPS) is 16.6. The monoisotopic (exact) mass is 335 g/mol. The van der Waals surface area contributed by atoms with E-state index >= 15 is 0 Å². The van der Waals surface area contributed by atoms with E-state index in [2.05, 4.69) is 6.92 Å². The van der Waals surface area contributed by atoms with Crippen LogP contribution in [-0.4, -0.2) is 32.7 Å². The SMILES string of the molecule is CCc1ccc(C=C2SC(=S)N(CCCC(=O)O)C2=O)cc1. The largest absolute Gasteiger partial charge is 0.481 e. The van der Waals surface area contributed by atoms with E-state index < -0.39 is 5.97 Å². The molecule has 1 aromatic rings. The molecule has 22 heavy (non-hydrogen) atoms. The van der Waals surface area contributed by atoms with Crippen LogP contribution in [0.3, 0.4) is 0 Å². The minimum atomic E-state index is -0.864. The summed E-state index contributed by atoms with van der Waals surface area (Å²) in [7, 11) is 0. The highest BCUT2D eigenvalue weighted by Crippen LogP contribution is 2.32. The Morgan fingerprint density at radius 3 is 2.64 bits per heavy atom. The summed E-state index contributed by atoms with van der Waals surface area (Å²) in [6.07, 6.45) is 3.25. The van der Waals surface area contributed by atoms with Crippen LogP contribution in [-0.2, 0) is 16.0 Å². The second-order valence-corrected chi connectivity index (χ2v) is 6.60. The van der Waals surface area contributed by atoms with E-state index in [1.165, 1.54) is 22.2 Å². The summed E-state index contributed by atoms with van der Waals surface area (Å²) in [5.74, 6) is -1.00. The molecule has 1 fully saturated rings. The molecule has 1 aromatic carbocycles. The molecular formula is C16H17NO3S2. The van der Waals surface area contributed by atoms with E-state index in [1.54, 1.807) is 0 Å². The van der Waals surface area contributed by atoms with Gasteiger partial charge in [0.2, 0.25) is 0 Å². The topological polar surface area (TPSA) is 57.6 Å². The lowest BCUT2D eigenvalue weighted by atomic mass is 10.1. The first-order chi connectivity index (χ1) is 10.5. The number of aliphatic carboxylic acids is 1. The molecule has 6 heteroatoms. The van der Waals surface area contributed by atoms with Gasteiger partial charge in [-0.15, -0.1) is 0 Å². The molecule has 1 aliphatic heterocycles. The van der Waals surface area contributed by atoms with Gasteiger partial charge in [0.05, 0.1) is 4.91 Å². The number of thiocarbonyl (C=S) groups is 1. The minimum Gasteiger partial charge on any atom is -0.481 e. The molecule has 0 aromatic heterocycles.